The molecular weight excluding hydrogens is 210 g/mol. The Labute approximate surface area is 92.6 Å². The number of carbonyl (C=O) groups excluding carboxylic acids is 1. The second-order valence-electron chi connectivity index (χ2n) is 3.20. The lowest BCUT2D eigenvalue weighted by atomic mass is 10.3. The molecule has 0 aliphatic carbocycles. The van der Waals surface area contributed by atoms with E-state index in [2.05, 4.69) is 17.0 Å². The van der Waals surface area contributed by atoms with Gasteiger partial charge in [-0.1, -0.05) is 6.08 Å². The zero-order valence-corrected chi connectivity index (χ0v) is 8.72. The first-order valence-corrected chi connectivity index (χ1v) is 4.77. The maximum absolute atomic E-state index is 11.3. The van der Waals surface area contributed by atoms with Crippen LogP contribution in [0.25, 0.3) is 0 Å². The lowest BCUT2D eigenvalue weighted by Crippen LogP contribution is -2.11. The number of allylic oxidation sites excluding steroid dienone is 1. The van der Waals surface area contributed by atoms with E-state index in [0.717, 1.165) is 0 Å². The average Bonchev–Trinajstić information content (AvgIpc) is 2.61. The first-order chi connectivity index (χ1) is 7.61. The summed E-state index contributed by atoms with van der Waals surface area (Å²) in [7, 11) is 0. The summed E-state index contributed by atoms with van der Waals surface area (Å²) in [5.74, 6) is -1.12. The van der Waals surface area contributed by atoms with E-state index < -0.39 is 5.97 Å². The van der Waals surface area contributed by atoms with Crippen LogP contribution in [-0.2, 0) is 16.1 Å². The lowest BCUT2D eigenvalue weighted by Gasteiger charge is -1.99. The van der Waals surface area contributed by atoms with Gasteiger partial charge in [0, 0.05) is 12.6 Å². The molecule has 0 aliphatic rings. The summed E-state index contributed by atoms with van der Waals surface area (Å²) in [5.41, 5.74) is 0.496. The summed E-state index contributed by atoms with van der Waals surface area (Å²) in [5, 5.41) is 14.9. The van der Waals surface area contributed by atoms with Gasteiger partial charge in [0.15, 0.2) is 0 Å². The fraction of sp³-hybridized carbons (Fsp3) is 0.300. The van der Waals surface area contributed by atoms with Crippen molar-refractivity contribution in [2.45, 2.75) is 19.4 Å². The molecule has 1 heterocycles. The van der Waals surface area contributed by atoms with Gasteiger partial charge < -0.3 is 10.4 Å². The molecule has 6 heteroatoms. The highest BCUT2D eigenvalue weighted by Crippen LogP contribution is 2.05. The minimum absolute atomic E-state index is 0.144. The highest BCUT2D eigenvalue weighted by Gasteiger charge is 2.05. The average molecular weight is 223 g/mol. The molecule has 1 aromatic heterocycles. The van der Waals surface area contributed by atoms with Gasteiger partial charge in [0.1, 0.15) is 6.54 Å². The second-order valence-corrected chi connectivity index (χ2v) is 3.20. The summed E-state index contributed by atoms with van der Waals surface area (Å²) >= 11 is 0. The van der Waals surface area contributed by atoms with E-state index >= 15 is 0 Å². The Morgan fingerprint density at radius 3 is 3.00 bits per heavy atom. The SMILES string of the molecule is C=CCCC(=O)Nc1cnn(CC(=O)O)c1. The number of amides is 1. The third-order valence-corrected chi connectivity index (χ3v) is 1.79. The molecule has 0 saturated heterocycles. The van der Waals surface area contributed by atoms with Gasteiger partial charge in [-0.15, -0.1) is 6.58 Å². The maximum atomic E-state index is 11.3. The smallest absolute Gasteiger partial charge is 0.325 e. The molecule has 0 radical (unpaired) electrons. The molecule has 0 aromatic carbocycles. The Morgan fingerprint density at radius 2 is 2.38 bits per heavy atom. The molecule has 0 spiro atoms. The minimum Gasteiger partial charge on any atom is -0.480 e. The molecule has 0 saturated carbocycles. The van der Waals surface area contributed by atoms with E-state index in [1.807, 2.05) is 0 Å². The Hall–Kier alpha value is -2.11. The van der Waals surface area contributed by atoms with Gasteiger partial charge in [-0.25, -0.2) is 0 Å². The van der Waals surface area contributed by atoms with Crippen molar-refractivity contribution in [3.05, 3.63) is 25.0 Å². The fourth-order valence-corrected chi connectivity index (χ4v) is 1.11. The van der Waals surface area contributed by atoms with Crippen LogP contribution in [0.15, 0.2) is 25.0 Å². The van der Waals surface area contributed by atoms with Gasteiger partial charge in [-0.05, 0) is 6.42 Å². The van der Waals surface area contributed by atoms with Crippen LogP contribution in [0.5, 0.6) is 0 Å². The molecule has 1 aromatic rings. The van der Waals surface area contributed by atoms with Gasteiger partial charge in [-0.2, -0.15) is 5.10 Å². The van der Waals surface area contributed by atoms with Gasteiger partial charge in [0.25, 0.3) is 0 Å². The van der Waals surface area contributed by atoms with Crippen molar-refractivity contribution in [2.24, 2.45) is 0 Å². The highest BCUT2D eigenvalue weighted by atomic mass is 16.4. The van der Waals surface area contributed by atoms with Crippen molar-refractivity contribution in [3.8, 4) is 0 Å². The van der Waals surface area contributed by atoms with Crippen molar-refractivity contribution in [1.29, 1.82) is 0 Å². The first kappa shape index (κ1) is 12.0. The van der Waals surface area contributed by atoms with E-state index in [1.54, 1.807) is 6.08 Å². The topological polar surface area (TPSA) is 84.2 Å². The van der Waals surface area contributed by atoms with Gasteiger partial charge >= 0.3 is 5.97 Å². The van der Waals surface area contributed by atoms with Crippen LogP contribution in [0, 0.1) is 0 Å². The zero-order valence-electron chi connectivity index (χ0n) is 8.72. The molecule has 0 unspecified atom stereocenters. The van der Waals surface area contributed by atoms with E-state index in [9.17, 15) is 9.59 Å². The van der Waals surface area contributed by atoms with Crippen LogP contribution in [0.4, 0.5) is 5.69 Å². The van der Waals surface area contributed by atoms with Crippen molar-refractivity contribution in [3.63, 3.8) is 0 Å². The number of carboxylic acid groups (broad SMARTS) is 1. The predicted octanol–water partition coefficient (Wildman–Crippen LogP) is 0.872. The normalized spacial score (nSPS) is 9.75. The number of rotatable bonds is 6. The molecule has 0 aliphatic heterocycles. The molecule has 0 fully saturated rings. The number of carboxylic acids is 1. The molecule has 6 nitrogen and oxygen atoms in total. The number of anilines is 1. The molecule has 86 valence electrons. The summed E-state index contributed by atoms with van der Waals surface area (Å²) < 4.78 is 1.24. The number of hydrogen-bond acceptors (Lipinski definition) is 3. The number of carbonyl (C=O) groups is 2. The zero-order chi connectivity index (χ0) is 12.0. The van der Waals surface area contributed by atoms with Crippen molar-refractivity contribution < 1.29 is 14.7 Å². The molecule has 1 amide bonds. The van der Waals surface area contributed by atoms with Crippen LogP contribution >= 0.6 is 0 Å². The first-order valence-electron chi connectivity index (χ1n) is 4.77. The van der Waals surface area contributed by atoms with Crippen LogP contribution in [-0.4, -0.2) is 26.8 Å². The third-order valence-electron chi connectivity index (χ3n) is 1.79. The highest BCUT2D eigenvalue weighted by molar-refractivity contribution is 5.90. The Balaban J connectivity index is 2.48. The predicted molar refractivity (Wildman–Crippen MR) is 57.9 cm³/mol. The molecule has 2 N–H and O–H groups in total. The standard InChI is InChI=1S/C10H13N3O3/c1-2-3-4-9(14)12-8-5-11-13(6-8)7-10(15)16/h2,5-6H,1,3-4,7H2,(H,12,14)(H,15,16). The van der Waals surface area contributed by atoms with Crippen molar-refractivity contribution in [1.82, 2.24) is 9.78 Å². The maximum Gasteiger partial charge on any atom is 0.325 e. The van der Waals surface area contributed by atoms with Crippen LogP contribution in [0.1, 0.15) is 12.8 Å². The van der Waals surface area contributed by atoms with Crippen molar-refractivity contribution in [2.75, 3.05) is 5.32 Å². The van der Waals surface area contributed by atoms with Crippen LogP contribution in [0.2, 0.25) is 0 Å². The lowest BCUT2D eigenvalue weighted by molar-refractivity contribution is -0.137. The van der Waals surface area contributed by atoms with Gasteiger partial charge in [0.2, 0.25) is 5.91 Å². The summed E-state index contributed by atoms with van der Waals surface area (Å²) in [6.45, 7) is 3.30. The Bertz CT molecular complexity index is 398. The molecule has 0 bridgehead atoms. The van der Waals surface area contributed by atoms with Crippen LogP contribution < -0.4 is 5.32 Å². The number of nitrogens with zero attached hydrogens (tertiary/aromatic N) is 2. The van der Waals surface area contributed by atoms with Crippen molar-refractivity contribution >= 4 is 17.6 Å². The van der Waals surface area contributed by atoms with E-state index in [-0.39, 0.29) is 12.5 Å². The second kappa shape index (κ2) is 5.69. The quantitative estimate of drug-likeness (QED) is 0.701. The third kappa shape index (κ3) is 3.95. The molecular formula is C10H13N3O3. The van der Waals surface area contributed by atoms with E-state index in [1.165, 1.54) is 17.1 Å². The minimum atomic E-state index is -0.979. The molecule has 0 atom stereocenters. The van der Waals surface area contributed by atoms with E-state index in [4.69, 9.17) is 5.11 Å². The van der Waals surface area contributed by atoms with E-state index in [0.29, 0.717) is 18.5 Å². The molecule has 16 heavy (non-hydrogen) atoms. The number of hydrogen-bond donors (Lipinski definition) is 2. The number of aromatic nitrogens is 2. The summed E-state index contributed by atoms with van der Waals surface area (Å²) in [6.07, 6.45) is 5.50. The number of aliphatic carboxylic acids is 1. The van der Waals surface area contributed by atoms with Crippen LogP contribution in [0.3, 0.4) is 0 Å². The summed E-state index contributed by atoms with van der Waals surface area (Å²) in [6, 6.07) is 0. The Morgan fingerprint density at radius 1 is 1.62 bits per heavy atom. The monoisotopic (exact) mass is 223 g/mol. The Kier molecular flexibility index (Phi) is 4.26. The fourth-order valence-electron chi connectivity index (χ4n) is 1.11. The summed E-state index contributed by atoms with van der Waals surface area (Å²) in [4.78, 5) is 21.7. The van der Waals surface area contributed by atoms with Gasteiger partial charge in [0.05, 0.1) is 11.9 Å². The largest absolute Gasteiger partial charge is 0.480 e. The molecule has 1 rings (SSSR count). The number of nitrogens with one attached hydrogen (secondary N) is 1. The van der Waals surface area contributed by atoms with Gasteiger partial charge in [-0.3, -0.25) is 14.3 Å².